The Morgan fingerprint density at radius 1 is 1.20 bits per heavy atom. The molecular formula is C14H16BrN5. The highest BCUT2D eigenvalue weighted by molar-refractivity contribution is 9.10. The van der Waals surface area contributed by atoms with Crippen LogP contribution in [0.1, 0.15) is 18.3 Å². The minimum absolute atomic E-state index is 0.710. The molecule has 0 radical (unpaired) electrons. The minimum atomic E-state index is 0.710. The zero-order valence-corrected chi connectivity index (χ0v) is 12.8. The lowest BCUT2D eigenvalue weighted by atomic mass is 10.4. The fourth-order valence-corrected chi connectivity index (χ4v) is 2.64. The van der Waals surface area contributed by atoms with Gasteiger partial charge >= 0.3 is 0 Å². The fraction of sp³-hybridized carbons (Fsp3) is 0.286. The SMILES string of the molecule is CCn1ccc(CNCc2nc3ccccn3c2Br)n1. The molecule has 0 aromatic carbocycles. The first-order valence-electron chi connectivity index (χ1n) is 6.62. The van der Waals surface area contributed by atoms with Gasteiger partial charge in [-0.3, -0.25) is 9.08 Å². The van der Waals surface area contributed by atoms with Crippen LogP contribution in [0.15, 0.2) is 41.3 Å². The zero-order valence-electron chi connectivity index (χ0n) is 11.3. The zero-order chi connectivity index (χ0) is 13.9. The summed E-state index contributed by atoms with van der Waals surface area (Å²) in [5, 5.41) is 7.82. The van der Waals surface area contributed by atoms with Crippen LogP contribution in [-0.2, 0) is 19.6 Å². The van der Waals surface area contributed by atoms with Gasteiger partial charge in [-0.1, -0.05) is 6.07 Å². The summed E-state index contributed by atoms with van der Waals surface area (Å²) in [5.41, 5.74) is 3.00. The highest BCUT2D eigenvalue weighted by Gasteiger charge is 2.08. The van der Waals surface area contributed by atoms with Crippen LogP contribution in [0.25, 0.3) is 5.65 Å². The molecule has 0 unspecified atom stereocenters. The van der Waals surface area contributed by atoms with E-state index in [0.717, 1.165) is 34.7 Å². The molecular weight excluding hydrogens is 318 g/mol. The molecule has 0 bridgehead atoms. The maximum absolute atomic E-state index is 4.59. The third-order valence-corrected chi connectivity index (χ3v) is 4.00. The summed E-state index contributed by atoms with van der Waals surface area (Å²) in [6.45, 7) is 4.44. The molecule has 3 rings (SSSR count). The van der Waals surface area contributed by atoms with E-state index < -0.39 is 0 Å². The van der Waals surface area contributed by atoms with Gasteiger partial charge in [0.1, 0.15) is 10.3 Å². The van der Waals surface area contributed by atoms with Crippen LogP contribution < -0.4 is 5.32 Å². The topological polar surface area (TPSA) is 47.2 Å². The molecule has 1 N–H and O–H groups in total. The average Bonchev–Trinajstić information content (AvgIpc) is 3.05. The second-order valence-corrected chi connectivity index (χ2v) is 5.30. The molecule has 20 heavy (non-hydrogen) atoms. The van der Waals surface area contributed by atoms with E-state index in [4.69, 9.17) is 0 Å². The predicted octanol–water partition coefficient (Wildman–Crippen LogP) is 2.60. The summed E-state index contributed by atoms with van der Waals surface area (Å²) in [5.74, 6) is 0. The molecule has 3 aromatic rings. The standard InChI is InChI=1S/C14H16BrN5/c1-2-19-8-6-11(18-19)9-16-10-12-14(15)20-7-4-3-5-13(20)17-12/h3-8,16H,2,9-10H2,1H3. The van der Waals surface area contributed by atoms with Crippen molar-refractivity contribution in [2.75, 3.05) is 0 Å². The van der Waals surface area contributed by atoms with Gasteiger partial charge in [-0.15, -0.1) is 0 Å². The molecule has 3 aromatic heterocycles. The van der Waals surface area contributed by atoms with Crippen molar-refractivity contribution in [2.45, 2.75) is 26.6 Å². The number of hydrogen-bond donors (Lipinski definition) is 1. The summed E-state index contributed by atoms with van der Waals surface area (Å²) >= 11 is 3.59. The van der Waals surface area contributed by atoms with Gasteiger partial charge in [0.2, 0.25) is 0 Å². The lowest BCUT2D eigenvalue weighted by Gasteiger charge is -2.01. The molecule has 0 saturated carbocycles. The Kier molecular flexibility index (Phi) is 3.84. The van der Waals surface area contributed by atoms with Crippen LogP contribution in [-0.4, -0.2) is 19.2 Å². The van der Waals surface area contributed by atoms with Crippen molar-refractivity contribution in [3.05, 3.63) is 52.7 Å². The van der Waals surface area contributed by atoms with Crippen molar-refractivity contribution in [2.24, 2.45) is 0 Å². The van der Waals surface area contributed by atoms with Gasteiger partial charge < -0.3 is 5.32 Å². The Morgan fingerprint density at radius 3 is 2.85 bits per heavy atom. The quantitative estimate of drug-likeness (QED) is 0.780. The minimum Gasteiger partial charge on any atom is -0.305 e. The number of rotatable bonds is 5. The molecule has 0 fully saturated rings. The van der Waals surface area contributed by atoms with Crippen LogP contribution >= 0.6 is 15.9 Å². The summed E-state index contributed by atoms with van der Waals surface area (Å²) in [7, 11) is 0. The lowest BCUT2D eigenvalue weighted by molar-refractivity contribution is 0.616. The van der Waals surface area contributed by atoms with Crippen LogP contribution in [0.4, 0.5) is 0 Å². The number of aryl methyl sites for hydroxylation is 1. The molecule has 0 saturated heterocycles. The number of halogens is 1. The van der Waals surface area contributed by atoms with E-state index in [1.54, 1.807) is 0 Å². The monoisotopic (exact) mass is 333 g/mol. The third kappa shape index (κ3) is 2.62. The summed E-state index contributed by atoms with van der Waals surface area (Å²) in [6, 6.07) is 8.02. The van der Waals surface area contributed by atoms with Crippen molar-refractivity contribution in [1.82, 2.24) is 24.5 Å². The fourth-order valence-electron chi connectivity index (χ4n) is 2.11. The summed E-state index contributed by atoms with van der Waals surface area (Å²) in [6.07, 6.45) is 4.00. The summed E-state index contributed by atoms with van der Waals surface area (Å²) < 4.78 is 4.96. The van der Waals surface area contributed by atoms with Gasteiger partial charge in [0.15, 0.2) is 0 Å². The van der Waals surface area contributed by atoms with Crippen LogP contribution in [0.5, 0.6) is 0 Å². The van der Waals surface area contributed by atoms with Gasteiger partial charge in [0.05, 0.1) is 11.4 Å². The highest BCUT2D eigenvalue weighted by Crippen LogP contribution is 2.18. The molecule has 0 aliphatic rings. The normalized spacial score (nSPS) is 11.3. The number of nitrogens with one attached hydrogen (secondary N) is 1. The van der Waals surface area contributed by atoms with E-state index in [-0.39, 0.29) is 0 Å². The molecule has 0 aliphatic heterocycles. The van der Waals surface area contributed by atoms with Gasteiger partial charge in [-0.25, -0.2) is 4.98 Å². The molecule has 5 nitrogen and oxygen atoms in total. The first-order chi connectivity index (χ1) is 9.78. The second kappa shape index (κ2) is 5.76. The third-order valence-electron chi connectivity index (χ3n) is 3.16. The predicted molar refractivity (Wildman–Crippen MR) is 81.3 cm³/mol. The molecule has 6 heteroatoms. The van der Waals surface area contributed by atoms with E-state index >= 15 is 0 Å². The average molecular weight is 334 g/mol. The maximum atomic E-state index is 4.59. The number of nitrogens with zero attached hydrogens (tertiary/aromatic N) is 4. The Balaban J connectivity index is 1.66. The van der Waals surface area contributed by atoms with E-state index in [0.29, 0.717) is 6.54 Å². The molecule has 0 spiro atoms. The van der Waals surface area contributed by atoms with Crippen molar-refractivity contribution in [3.8, 4) is 0 Å². The number of fused-ring (bicyclic) bond motifs is 1. The molecule has 0 atom stereocenters. The van der Waals surface area contributed by atoms with E-state index in [1.807, 2.05) is 45.7 Å². The first kappa shape index (κ1) is 13.3. The number of aromatic nitrogens is 4. The Morgan fingerprint density at radius 2 is 2.10 bits per heavy atom. The van der Waals surface area contributed by atoms with Crippen molar-refractivity contribution >= 4 is 21.6 Å². The molecule has 0 amide bonds. The number of imidazole rings is 1. The molecule has 104 valence electrons. The largest absolute Gasteiger partial charge is 0.305 e. The maximum Gasteiger partial charge on any atom is 0.137 e. The lowest BCUT2D eigenvalue weighted by Crippen LogP contribution is -2.14. The highest BCUT2D eigenvalue weighted by atomic mass is 79.9. The number of hydrogen-bond acceptors (Lipinski definition) is 3. The van der Waals surface area contributed by atoms with Gasteiger partial charge in [-0.05, 0) is 41.1 Å². The first-order valence-corrected chi connectivity index (χ1v) is 7.41. The van der Waals surface area contributed by atoms with Gasteiger partial charge in [-0.2, -0.15) is 5.10 Å². The Hall–Kier alpha value is -1.66. The van der Waals surface area contributed by atoms with E-state index in [2.05, 4.69) is 38.3 Å². The van der Waals surface area contributed by atoms with E-state index in [1.165, 1.54) is 0 Å². The number of pyridine rings is 1. The van der Waals surface area contributed by atoms with Crippen LogP contribution in [0.2, 0.25) is 0 Å². The van der Waals surface area contributed by atoms with E-state index in [9.17, 15) is 0 Å². The summed E-state index contributed by atoms with van der Waals surface area (Å²) in [4.78, 5) is 4.59. The second-order valence-electron chi connectivity index (χ2n) is 4.54. The Bertz CT molecular complexity index is 715. The smallest absolute Gasteiger partial charge is 0.137 e. The molecule has 3 heterocycles. The van der Waals surface area contributed by atoms with Crippen LogP contribution in [0, 0.1) is 0 Å². The van der Waals surface area contributed by atoms with Crippen molar-refractivity contribution in [3.63, 3.8) is 0 Å². The Labute approximate surface area is 125 Å². The van der Waals surface area contributed by atoms with Gasteiger partial charge in [0.25, 0.3) is 0 Å². The molecule has 0 aliphatic carbocycles. The van der Waals surface area contributed by atoms with Crippen LogP contribution in [0.3, 0.4) is 0 Å². The van der Waals surface area contributed by atoms with Crippen molar-refractivity contribution < 1.29 is 0 Å². The van der Waals surface area contributed by atoms with Crippen molar-refractivity contribution in [1.29, 1.82) is 0 Å². The van der Waals surface area contributed by atoms with Gasteiger partial charge in [0, 0.05) is 32.0 Å².